The van der Waals surface area contributed by atoms with E-state index in [2.05, 4.69) is 21.5 Å². The number of non-ortho nitro benzene ring substituents is 1. The Morgan fingerprint density at radius 1 is 1.67 bits per heavy atom. The molecule has 0 bridgehead atoms. The number of nitrogens with zero attached hydrogens (tertiary/aromatic N) is 3. The molecule has 6 nitrogen and oxygen atoms in total. The highest BCUT2D eigenvalue weighted by Crippen LogP contribution is 2.15. The Labute approximate surface area is 66.4 Å². The van der Waals surface area contributed by atoms with Crippen LogP contribution >= 0.6 is 0 Å². The number of hydrogen-bond donors (Lipinski definition) is 1. The molecular weight excluding hydrogens is 160 g/mol. The molecule has 0 aliphatic heterocycles. The molecule has 0 fully saturated rings. The van der Waals surface area contributed by atoms with Gasteiger partial charge in [-0.05, 0) is 0 Å². The van der Waals surface area contributed by atoms with Gasteiger partial charge in [0.1, 0.15) is 5.52 Å². The number of rotatable bonds is 1. The zero-order chi connectivity index (χ0) is 8.55. The maximum Gasteiger partial charge on any atom is 0.272 e. The summed E-state index contributed by atoms with van der Waals surface area (Å²) in [7, 11) is 0. The molecule has 2 rings (SSSR count). The number of nitro groups is 1. The van der Waals surface area contributed by atoms with Crippen molar-refractivity contribution in [3.63, 3.8) is 0 Å². The fraction of sp³-hybridized carbons (Fsp3) is 0. The van der Waals surface area contributed by atoms with Crippen molar-refractivity contribution >= 4 is 16.7 Å². The van der Waals surface area contributed by atoms with Gasteiger partial charge >= 0.3 is 0 Å². The smallest absolute Gasteiger partial charge is 0.258 e. The normalized spacial score (nSPS) is 10.3. The summed E-state index contributed by atoms with van der Waals surface area (Å²) < 4.78 is 0. The second-order valence-corrected chi connectivity index (χ2v) is 2.19. The summed E-state index contributed by atoms with van der Waals surface area (Å²) >= 11 is 0. The van der Waals surface area contributed by atoms with Crippen molar-refractivity contribution in [2.24, 2.45) is 0 Å². The number of benzene rings is 1. The molecule has 6 heteroatoms. The van der Waals surface area contributed by atoms with Crippen LogP contribution in [0.25, 0.3) is 11.0 Å². The van der Waals surface area contributed by atoms with Crippen molar-refractivity contribution in [3.8, 4) is 0 Å². The third-order valence-corrected chi connectivity index (χ3v) is 1.44. The number of nitrogens with one attached hydrogen (secondary N) is 1. The average Bonchev–Trinajstić information content (AvgIpc) is 2.49. The number of nitro benzene ring substituents is 1. The Morgan fingerprint density at radius 3 is 3.25 bits per heavy atom. The molecule has 0 unspecified atom stereocenters. The van der Waals surface area contributed by atoms with E-state index in [9.17, 15) is 10.1 Å². The molecule has 1 radical (unpaired) electrons. The van der Waals surface area contributed by atoms with Crippen LogP contribution in [-0.2, 0) is 0 Å². The second-order valence-electron chi connectivity index (χ2n) is 2.19. The molecule has 0 aliphatic rings. The van der Waals surface area contributed by atoms with E-state index in [0.29, 0.717) is 11.0 Å². The first-order valence-electron chi connectivity index (χ1n) is 3.14. The maximum atomic E-state index is 10.3. The highest BCUT2D eigenvalue weighted by molar-refractivity contribution is 5.75. The Morgan fingerprint density at radius 2 is 2.50 bits per heavy atom. The topological polar surface area (TPSA) is 84.7 Å². The molecule has 0 saturated carbocycles. The molecule has 0 saturated heterocycles. The Hall–Kier alpha value is -1.98. The van der Waals surface area contributed by atoms with Crippen molar-refractivity contribution in [2.45, 2.75) is 0 Å². The fourth-order valence-corrected chi connectivity index (χ4v) is 0.880. The Kier molecular flexibility index (Phi) is 1.26. The van der Waals surface area contributed by atoms with Gasteiger partial charge in [-0.3, -0.25) is 15.2 Å². The minimum atomic E-state index is -0.489. The summed E-state index contributed by atoms with van der Waals surface area (Å²) in [6.45, 7) is 0. The van der Waals surface area contributed by atoms with Crippen LogP contribution in [0.4, 0.5) is 5.69 Å². The number of aromatic amines is 1. The van der Waals surface area contributed by atoms with Crippen LogP contribution in [0.1, 0.15) is 0 Å². The first-order chi connectivity index (χ1) is 5.77. The summed E-state index contributed by atoms with van der Waals surface area (Å²) in [5.74, 6) is 0. The third kappa shape index (κ3) is 0.895. The minimum Gasteiger partial charge on any atom is -0.258 e. The van der Waals surface area contributed by atoms with Gasteiger partial charge in [0.15, 0.2) is 0 Å². The van der Waals surface area contributed by atoms with Crippen molar-refractivity contribution in [1.29, 1.82) is 0 Å². The molecule has 0 atom stereocenters. The van der Waals surface area contributed by atoms with E-state index < -0.39 is 4.92 Å². The largest absolute Gasteiger partial charge is 0.272 e. The average molecular weight is 163 g/mol. The van der Waals surface area contributed by atoms with Gasteiger partial charge < -0.3 is 0 Å². The lowest BCUT2D eigenvalue weighted by Gasteiger charge is -1.87. The lowest BCUT2D eigenvalue weighted by Crippen LogP contribution is -1.86. The SMILES string of the molecule is O=[N+]([O-])c1c[c]c2nn[nH]c2c1. The van der Waals surface area contributed by atoms with Crippen LogP contribution < -0.4 is 0 Å². The van der Waals surface area contributed by atoms with Crippen LogP contribution in [0.2, 0.25) is 0 Å². The van der Waals surface area contributed by atoms with Gasteiger partial charge in [0, 0.05) is 18.2 Å². The van der Waals surface area contributed by atoms with E-state index in [-0.39, 0.29) is 5.69 Å². The second kappa shape index (κ2) is 2.26. The number of H-pyrrole nitrogens is 1. The summed E-state index contributed by atoms with van der Waals surface area (Å²) in [6.07, 6.45) is 0. The van der Waals surface area contributed by atoms with E-state index in [1.807, 2.05) is 0 Å². The highest BCUT2D eigenvalue weighted by atomic mass is 16.6. The van der Waals surface area contributed by atoms with E-state index >= 15 is 0 Å². The van der Waals surface area contributed by atoms with Crippen LogP contribution in [0.3, 0.4) is 0 Å². The molecule has 1 aromatic heterocycles. The summed E-state index contributed by atoms with van der Waals surface area (Å²) in [5.41, 5.74) is 0.998. The first-order valence-corrected chi connectivity index (χ1v) is 3.14. The molecule has 0 aliphatic carbocycles. The van der Waals surface area contributed by atoms with Gasteiger partial charge in [-0.15, -0.1) is 5.10 Å². The first kappa shape index (κ1) is 6.71. The molecular formula is C6H3N4O2. The molecule has 0 spiro atoms. The van der Waals surface area contributed by atoms with Gasteiger partial charge in [-0.2, -0.15) is 0 Å². The standard InChI is InChI=1S/C6H3N4O2/c11-10(12)4-1-2-5-6(3-4)8-9-7-5/h1,3H,(H,7,8,9). The minimum absolute atomic E-state index is 0.0199. The lowest BCUT2D eigenvalue weighted by atomic mass is 10.3. The number of hydrogen-bond acceptors (Lipinski definition) is 4. The predicted molar refractivity (Wildman–Crippen MR) is 39.4 cm³/mol. The van der Waals surface area contributed by atoms with Gasteiger partial charge in [0.25, 0.3) is 5.69 Å². The molecule has 0 amide bonds. The number of fused-ring (bicyclic) bond motifs is 1. The lowest BCUT2D eigenvalue weighted by molar-refractivity contribution is -0.384. The van der Waals surface area contributed by atoms with Crippen LogP contribution in [-0.4, -0.2) is 20.3 Å². The Balaban J connectivity index is 2.68. The van der Waals surface area contributed by atoms with Gasteiger partial charge in [-0.1, -0.05) is 5.21 Å². The van der Waals surface area contributed by atoms with Crippen LogP contribution in [0, 0.1) is 16.2 Å². The molecule has 1 N–H and O–H groups in total. The highest BCUT2D eigenvalue weighted by Gasteiger charge is 2.07. The zero-order valence-electron chi connectivity index (χ0n) is 5.81. The van der Waals surface area contributed by atoms with Crippen molar-refractivity contribution in [3.05, 3.63) is 28.3 Å². The van der Waals surface area contributed by atoms with Gasteiger partial charge in [-0.25, -0.2) is 0 Å². The molecule has 1 heterocycles. The van der Waals surface area contributed by atoms with Crippen molar-refractivity contribution in [2.75, 3.05) is 0 Å². The molecule has 12 heavy (non-hydrogen) atoms. The Bertz CT molecular complexity index is 436. The fourth-order valence-electron chi connectivity index (χ4n) is 0.880. The third-order valence-electron chi connectivity index (χ3n) is 1.44. The van der Waals surface area contributed by atoms with Gasteiger partial charge in [0.2, 0.25) is 0 Å². The molecule has 59 valence electrons. The summed E-state index contributed by atoms with van der Waals surface area (Å²) in [4.78, 5) is 9.81. The van der Waals surface area contributed by atoms with E-state index in [0.717, 1.165) is 0 Å². The van der Waals surface area contributed by atoms with E-state index in [4.69, 9.17) is 0 Å². The summed E-state index contributed by atoms with van der Waals surface area (Å²) in [6, 6.07) is 5.27. The maximum absolute atomic E-state index is 10.3. The number of aromatic nitrogens is 3. The summed E-state index contributed by atoms with van der Waals surface area (Å²) in [5, 5.41) is 19.9. The molecule has 1 aromatic carbocycles. The molecule has 2 aromatic rings. The van der Waals surface area contributed by atoms with Gasteiger partial charge in [0.05, 0.1) is 10.4 Å². The zero-order valence-corrected chi connectivity index (χ0v) is 5.81. The van der Waals surface area contributed by atoms with Crippen LogP contribution in [0.5, 0.6) is 0 Å². The van der Waals surface area contributed by atoms with Crippen LogP contribution in [0.15, 0.2) is 12.1 Å². The predicted octanol–water partition coefficient (Wildman–Crippen LogP) is 0.666. The van der Waals surface area contributed by atoms with Crippen molar-refractivity contribution < 1.29 is 4.92 Å². The monoisotopic (exact) mass is 163 g/mol. The quantitative estimate of drug-likeness (QED) is 0.494. The van der Waals surface area contributed by atoms with Crippen molar-refractivity contribution in [1.82, 2.24) is 15.4 Å². The van der Waals surface area contributed by atoms with E-state index in [1.165, 1.54) is 12.1 Å². The van der Waals surface area contributed by atoms with E-state index in [1.54, 1.807) is 0 Å².